The minimum absolute atomic E-state index is 0.105. The largest absolute Gasteiger partial charge is 0.469 e. The number of allylic oxidation sites excluding steroid dienone is 5. The quantitative estimate of drug-likeness (QED) is 0.653. The highest BCUT2D eigenvalue weighted by molar-refractivity contribution is 6.23. The molecule has 2 rings (SSSR count). The summed E-state index contributed by atoms with van der Waals surface area (Å²) in [6.07, 6.45) is 3.56. The summed E-state index contributed by atoms with van der Waals surface area (Å²) in [6, 6.07) is 0. The Bertz CT molecular complexity index is 506. The molecular formula is C14H16O3. The van der Waals surface area contributed by atoms with Gasteiger partial charge in [0.25, 0.3) is 0 Å². The van der Waals surface area contributed by atoms with Gasteiger partial charge in [0, 0.05) is 0 Å². The molecule has 0 N–H and O–H groups in total. The first-order chi connectivity index (χ1) is 7.91. The van der Waals surface area contributed by atoms with E-state index in [-0.39, 0.29) is 11.6 Å². The molecule has 3 heteroatoms. The van der Waals surface area contributed by atoms with Gasteiger partial charge in [-0.3, -0.25) is 9.59 Å². The van der Waals surface area contributed by atoms with Crippen LogP contribution in [0.1, 0.15) is 34.1 Å². The summed E-state index contributed by atoms with van der Waals surface area (Å²) in [5.74, 6) is 0.501. The molecule has 0 aromatic heterocycles. The highest BCUT2D eigenvalue weighted by atomic mass is 16.5. The summed E-state index contributed by atoms with van der Waals surface area (Å²) in [4.78, 5) is 24.4. The molecule has 0 saturated heterocycles. The molecule has 1 aliphatic carbocycles. The lowest BCUT2D eigenvalue weighted by Crippen LogP contribution is -2.40. The van der Waals surface area contributed by atoms with Crippen LogP contribution in [-0.2, 0) is 14.3 Å². The first-order valence-electron chi connectivity index (χ1n) is 5.77. The molecule has 17 heavy (non-hydrogen) atoms. The van der Waals surface area contributed by atoms with Crippen LogP contribution in [-0.4, -0.2) is 11.6 Å². The van der Waals surface area contributed by atoms with Crippen LogP contribution < -0.4 is 0 Å². The normalized spacial score (nSPS) is 28.5. The third kappa shape index (κ3) is 1.49. The maximum absolute atomic E-state index is 12.3. The Kier molecular flexibility index (Phi) is 2.57. The summed E-state index contributed by atoms with van der Waals surface area (Å²) in [7, 11) is 0. The van der Waals surface area contributed by atoms with Crippen molar-refractivity contribution in [3.05, 3.63) is 34.8 Å². The second kappa shape index (κ2) is 3.69. The molecule has 3 nitrogen and oxygen atoms in total. The summed E-state index contributed by atoms with van der Waals surface area (Å²) >= 11 is 0. The second-order valence-electron chi connectivity index (χ2n) is 4.77. The SMILES string of the molecule is CCC1(C)C(=O)C=C2C(=COC(C)=C2C)C1=O. The molecule has 1 atom stereocenters. The van der Waals surface area contributed by atoms with Crippen molar-refractivity contribution < 1.29 is 14.3 Å². The molecule has 0 aromatic carbocycles. The van der Waals surface area contributed by atoms with E-state index in [2.05, 4.69) is 0 Å². The van der Waals surface area contributed by atoms with Crippen LogP contribution in [0.4, 0.5) is 0 Å². The number of carbonyl (C=O) groups is 2. The lowest BCUT2D eigenvalue weighted by molar-refractivity contribution is -0.135. The third-order valence-electron chi connectivity index (χ3n) is 3.85. The zero-order valence-corrected chi connectivity index (χ0v) is 10.6. The average molecular weight is 232 g/mol. The van der Waals surface area contributed by atoms with Crippen molar-refractivity contribution in [2.45, 2.75) is 34.1 Å². The molecule has 0 spiro atoms. The van der Waals surface area contributed by atoms with Crippen molar-refractivity contribution in [1.82, 2.24) is 0 Å². The molecule has 1 heterocycles. The van der Waals surface area contributed by atoms with Crippen LogP contribution in [0.25, 0.3) is 0 Å². The maximum Gasteiger partial charge on any atom is 0.180 e. The Morgan fingerprint density at radius 3 is 2.47 bits per heavy atom. The number of carbonyl (C=O) groups excluding carboxylic acids is 2. The van der Waals surface area contributed by atoms with Gasteiger partial charge in [-0.15, -0.1) is 0 Å². The first-order valence-corrected chi connectivity index (χ1v) is 5.77. The van der Waals surface area contributed by atoms with Gasteiger partial charge in [-0.05, 0) is 44.4 Å². The molecule has 0 fully saturated rings. The predicted octanol–water partition coefficient (Wildman–Crippen LogP) is 2.69. The summed E-state index contributed by atoms with van der Waals surface area (Å²) in [6.45, 7) is 7.24. The molecule has 0 saturated carbocycles. The Balaban J connectivity index is 2.60. The number of Topliss-reactive ketones (excluding diaryl/α,β-unsaturated/α-hetero) is 1. The topological polar surface area (TPSA) is 43.4 Å². The van der Waals surface area contributed by atoms with Gasteiger partial charge in [0.15, 0.2) is 11.6 Å². The van der Waals surface area contributed by atoms with Crippen LogP contribution >= 0.6 is 0 Å². The van der Waals surface area contributed by atoms with Gasteiger partial charge < -0.3 is 4.74 Å². The lowest BCUT2D eigenvalue weighted by atomic mass is 9.69. The van der Waals surface area contributed by atoms with E-state index in [1.165, 1.54) is 6.26 Å². The highest BCUT2D eigenvalue weighted by Gasteiger charge is 2.45. The van der Waals surface area contributed by atoms with E-state index in [1.54, 1.807) is 13.0 Å². The number of ketones is 2. The maximum atomic E-state index is 12.3. The molecule has 1 unspecified atom stereocenters. The average Bonchev–Trinajstić information content (AvgIpc) is 2.32. The fourth-order valence-electron chi connectivity index (χ4n) is 2.09. The summed E-state index contributed by atoms with van der Waals surface area (Å²) < 4.78 is 5.35. The lowest BCUT2D eigenvalue weighted by Gasteiger charge is -2.32. The van der Waals surface area contributed by atoms with E-state index < -0.39 is 5.41 Å². The standard InChI is InChI=1S/C14H16O3/c1-5-14(4)12(15)6-10-8(2)9(3)17-7-11(10)13(14)16/h6-7H,5H2,1-4H3. The molecule has 0 amide bonds. The van der Waals surface area contributed by atoms with E-state index in [0.717, 1.165) is 16.9 Å². The molecule has 0 radical (unpaired) electrons. The molecule has 2 aliphatic rings. The Morgan fingerprint density at radius 2 is 1.88 bits per heavy atom. The van der Waals surface area contributed by atoms with Crippen molar-refractivity contribution in [3.63, 3.8) is 0 Å². The Labute approximate surface area is 101 Å². The minimum atomic E-state index is -0.926. The van der Waals surface area contributed by atoms with Gasteiger partial charge in [0.2, 0.25) is 0 Å². The number of hydrogen-bond acceptors (Lipinski definition) is 3. The number of hydrogen-bond donors (Lipinski definition) is 0. The number of fused-ring (bicyclic) bond motifs is 1. The van der Waals surface area contributed by atoms with Crippen molar-refractivity contribution in [1.29, 1.82) is 0 Å². The predicted molar refractivity (Wildman–Crippen MR) is 64.0 cm³/mol. The summed E-state index contributed by atoms with van der Waals surface area (Å²) in [5, 5.41) is 0. The smallest absolute Gasteiger partial charge is 0.180 e. The van der Waals surface area contributed by atoms with Crippen molar-refractivity contribution >= 4 is 11.6 Å². The zero-order chi connectivity index (χ0) is 12.8. The van der Waals surface area contributed by atoms with E-state index in [4.69, 9.17) is 4.74 Å². The van der Waals surface area contributed by atoms with Gasteiger partial charge in [0.1, 0.15) is 12.0 Å². The van der Waals surface area contributed by atoms with E-state index in [9.17, 15) is 9.59 Å². The summed E-state index contributed by atoms with van der Waals surface area (Å²) in [5.41, 5.74) is 1.18. The molecular weight excluding hydrogens is 216 g/mol. The van der Waals surface area contributed by atoms with E-state index in [1.807, 2.05) is 20.8 Å². The van der Waals surface area contributed by atoms with Crippen LogP contribution in [0.3, 0.4) is 0 Å². The van der Waals surface area contributed by atoms with Crippen LogP contribution in [0.5, 0.6) is 0 Å². The van der Waals surface area contributed by atoms with Crippen molar-refractivity contribution in [3.8, 4) is 0 Å². The van der Waals surface area contributed by atoms with Gasteiger partial charge >= 0.3 is 0 Å². The number of ether oxygens (including phenoxy) is 1. The Morgan fingerprint density at radius 1 is 1.24 bits per heavy atom. The monoisotopic (exact) mass is 232 g/mol. The van der Waals surface area contributed by atoms with Gasteiger partial charge in [-0.1, -0.05) is 6.92 Å². The third-order valence-corrected chi connectivity index (χ3v) is 3.85. The fraction of sp³-hybridized carbons (Fsp3) is 0.429. The molecule has 0 bridgehead atoms. The van der Waals surface area contributed by atoms with Gasteiger partial charge in [-0.2, -0.15) is 0 Å². The van der Waals surface area contributed by atoms with Crippen LogP contribution in [0, 0.1) is 5.41 Å². The minimum Gasteiger partial charge on any atom is -0.469 e. The fourth-order valence-corrected chi connectivity index (χ4v) is 2.09. The van der Waals surface area contributed by atoms with Crippen LogP contribution in [0.2, 0.25) is 0 Å². The van der Waals surface area contributed by atoms with Crippen molar-refractivity contribution in [2.75, 3.05) is 0 Å². The highest BCUT2D eigenvalue weighted by Crippen LogP contribution is 2.40. The van der Waals surface area contributed by atoms with Gasteiger partial charge in [0.05, 0.1) is 11.0 Å². The van der Waals surface area contributed by atoms with Crippen molar-refractivity contribution in [2.24, 2.45) is 5.41 Å². The Hall–Kier alpha value is -1.64. The molecule has 0 aromatic rings. The van der Waals surface area contributed by atoms with Crippen LogP contribution in [0.15, 0.2) is 34.8 Å². The zero-order valence-electron chi connectivity index (χ0n) is 10.6. The first kappa shape index (κ1) is 11.8. The molecule has 1 aliphatic heterocycles. The molecule has 90 valence electrons. The van der Waals surface area contributed by atoms with Gasteiger partial charge in [-0.25, -0.2) is 0 Å². The van der Waals surface area contributed by atoms with E-state index >= 15 is 0 Å². The second-order valence-corrected chi connectivity index (χ2v) is 4.77. The number of rotatable bonds is 1. The van der Waals surface area contributed by atoms with E-state index in [0.29, 0.717) is 12.0 Å².